The average molecular weight is 302 g/mol. The van der Waals surface area contributed by atoms with Crippen LogP contribution in [-0.4, -0.2) is 47.6 Å². The molecular formula is C16H18N2O4. The van der Waals surface area contributed by atoms with Gasteiger partial charge in [0.2, 0.25) is 0 Å². The molecule has 2 aromatic rings. The Balaban J connectivity index is 1.61. The van der Waals surface area contributed by atoms with Crippen molar-refractivity contribution in [1.82, 2.24) is 9.97 Å². The lowest BCUT2D eigenvalue weighted by atomic mass is 10.1. The second kappa shape index (κ2) is 7.31. The molecular weight excluding hydrogens is 284 g/mol. The fourth-order valence-electron chi connectivity index (χ4n) is 2.19. The lowest BCUT2D eigenvalue weighted by molar-refractivity contribution is -0.101. The number of aliphatic hydroxyl groups is 1. The summed E-state index contributed by atoms with van der Waals surface area (Å²) in [5, 5.41) is 9.11. The maximum absolute atomic E-state index is 9.11. The fraction of sp³-hybridized carbons (Fsp3) is 0.375. The topological polar surface area (TPSA) is 73.7 Å². The maximum atomic E-state index is 9.11. The van der Waals surface area contributed by atoms with E-state index < -0.39 is 0 Å². The SMILES string of the molecule is OCc1cc(-c2ccc(OC[C@H]3COCCO3)cc2)ncn1. The van der Waals surface area contributed by atoms with Gasteiger partial charge in [-0.05, 0) is 30.3 Å². The lowest BCUT2D eigenvalue weighted by Gasteiger charge is -2.22. The van der Waals surface area contributed by atoms with Crippen LogP contribution >= 0.6 is 0 Å². The minimum atomic E-state index is -0.0970. The third-order valence-electron chi connectivity index (χ3n) is 3.36. The normalized spacial score (nSPS) is 18.1. The molecule has 1 aliphatic rings. The third kappa shape index (κ3) is 3.79. The second-order valence-corrected chi connectivity index (χ2v) is 4.96. The van der Waals surface area contributed by atoms with Crippen molar-refractivity contribution in [2.75, 3.05) is 26.4 Å². The van der Waals surface area contributed by atoms with E-state index in [0.717, 1.165) is 17.0 Å². The van der Waals surface area contributed by atoms with Crippen LogP contribution in [0, 0.1) is 0 Å². The number of nitrogens with zero attached hydrogens (tertiary/aromatic N) is 2. The van der Waals surface area contributed by atoms with Gasteiger partial charge in [-0.3, -0.25) is 0 Å². The molecule has 0 unspecified atom stereocenters. The van der Waals surface area contributed by atoms with Crippen LogP contribution in [0.25, 0.3) is 11.3 Å². The van der Waals surface area contributed by atoms with Crippen LogP contribution in [0.15, 0.2) is 36.7 Å². The van der Waals surface area contributed by atoms with E-state index in [-0.39, 0.29) is 12.7 Å². The molecule has 0 bridgehead atoms. The molecule has 0 saturated carbocycles. The molecule has 0 aliphatic carbocycles. The minimum Gasteiger partial charge on any atom is -0.491 e. The molecule has 116 valence electrons. The quantitative estimate of drug-likeness (QED) is 0.900. The van der Waals surface area contributed by atoms with Crippen LogP contribution in [-0.2, 0) is 16.1 Å². The first kappa shape index (κ1) is 14.9. The van der Waals surface area contributed by atoms with Gasteiger partial charge in [-0.2, -0.15) is 0 Å². The Kier molecular flexibility index (Phi) is 4.95. The Hall–Kier alpha value is -2.02. The van der Waals surface area contributed by atoms with Crippen molar-refractivity contribution in [2.24, 2.45) is 0 Å². The van der Waals surface area contributed by atoms with Gasteiger partial charge in [-0.1, -0.05) is 0 Å². The van der Waals surface area contributed by atoms with Crippen molar-refractivity contribution in [2.45, 2.75) is 12.7 Å². The zero-order chi connectivity index (χ0) is 15.2. The summed E-state index contributed by atoms with van der Waals surface area (Å²) < 4.78 is 16.6. The monoisotopic (exact) mass is 302 g/mol. The summed E-state index contributed by atoms with van der Waals surface area (Å²) >= 11 is 0. The molecule has 1 N–H and O–H groups in total. The van der Waals surface area contributed by atoms with Gasteiger partial charge in [0.05, 0.1) is 37.8 Å². The van der Waals surface area contributed by atoms with E-state index in [4.69, 9.17) is 19.3 Å². The van der Waals surface area contributed by atoms with E-state index in [1.54, 1.807) is 6.07 Å². The number of rotatable bonds is 5. The number of ether oxygens (including phenoxy) is 3. The highest BCUT2D eigenvalue weighted by Crippen LogP contribution is 2.21. The van der Waals surface area contributed by atoms with Crippen molar-refractivity contribution in [3.8, 4) is 17.0 Å². The molecule has 1 aromatic heterocycles. The van der Waals surface area contributed by atoms with Crippen molar-refractivity contribution in [3.05, 3.63) is 42.4 Å². The molecule has 6 heteroatoms. The first-order chi connectivity index (χ1) is 10.8. The van der Waals surface area contributed by atoms with Crippen LogP contribution in [0.3, 0.4) is 0 Å². The smallest absolute Gasteiger partial charge is 0.119 e. The summed E-state index contributed by atoms with van der Waals surface area (Å²) in [6.45, 7) is 2.22. The Morgan fingerprint density at radius 2 is 2.05 bits per heavy atom. The summed E-state index contributed by atoms with van der Waals surface area (Å²) in [6, 6.07) is 9.40. The van der Waals surface area contributed by atoms with Gasteiger partial charge in [0, 0.05) is 5.56 Å². The number of hydrogen-bond acceptors (Lipinski definition) is 6. The van der Waals surface area contributed by atoms with Gasteiger partial charge in [-0.25, -0.2) is 9.97 Å². The van der Waals surface area contributed by atoms with E-state index in [9.17, 15) is 0 Å². The van der Waals surface area contributed by atoms with E-state index in [1.165, 1.54) is 6.33 Å². The van der Waals surface area contributed by atoms with Crippen LogP contribution in [0.1, 0.15) is 5.69 Å². The summed E-state index contributed by atoms with van der Waals surface area (Å²) in [6.07, 6.45) is 1.44. The zero-order valence-electron chi connectivity index (χ0n) is 12.1. The first-order valence-electron chi connectivity index (χ1n) is 7.19. The van der Waals surface area contributed by atoms with E-state index in [0.29, 0.717) is 32.1 Å². The predicted molar refractivity (Wildman–Crippen MR) is 79.4 cm³/mol. The summed E-state index contributed by atoms with van der Waals surface area (Å²) in [5.41, 5.74) is 2.32. The molecule has 1 aliphatic heterocycles. The van der Waals surface area contributed by atoms with Crippen LogP contribution in [0.4, 0.5) is 0 Å². The van der Waals surface area contributed by atoms with Crippen LogP contribution < -0.4 is 4.74 Å². The largest absolute Gasteiger partial charge is 0.491 e. The molecule has 1 fully saturated rings. The predicted octanol–water partition coefficient (Wildman–Crippen LogP) is 1.43. The molecule has 3 rings (SSSR count). The highest BCUT2D eigenvalue weighted by molar-refractivity contribution is 5.60. The van der Waals surface area contributed by atoms with Gasteiger partial charge in [0.1, 0.15) is 24.8 Å². The Morgan fingerprint density at radius 3 is 2.77 bits per heavy atom. The van der Waals surface area contributed by atoms with Crippen LogP contribution in [0.5, 0.6) is 5.75 Å². The molecule has 6 nitrogen and oxygen atoms in total. The third-order valence-corrected chi connectivity index (χ3v) is 3.36. The van der Waals surface area contributed by atoms with E-state index >= 15 is 0 Å². The summed E-state index contributed by atoms with van der Waals surface area (Å²) in [7, 11) is 0. The number of benzene rings is 1. The van der Waals surface area contributed by atoms with Crippen molar-refractivity contribution >= 4 is 0 Å². The highest BCUT2D eigenvalue weighted by Gasteiger charge is 2.14. The molecule has 0 amide bonds. The lowest BCUT2D eigenvalue weighted by Crippen LogP contribution is -2.33. The molecule has 22 heavy (non-hydrogen) atoms. The molecule has 1 atom stereocenters. The zero-order valence-corrected chi connectivity index (χ0v) is 12.1. The van der Waals surface area contributed by atoms with Gasteiger partial charge in [0.25, 0.3) is 0 Å². The van der Waals surface area contributed by atoms with Gasteiger partial charge < -0.3 is 19.3 Å². The van der Waals surface area contributed by atoms with Gasteiger partial charge in [-0.15, -0.1) is 0 Å². The van der Waals surface area contributed by atoms with Gasteiger partial charge in [0.15, 0.2) is 0 Å². The average Bonchev–Trinajstić information content (AvgIpc) is 2.61. The Labute approximate surface area is 128 Å². The summed E-state index contributed by atoms with van der Waals surface area (Å²) in [4.78, 5) is 8.18. The standard InChI is InChI=1S/C16H18N2O4/c19-8-13-7-16(18-11-17-13)12-1-3-14(4-2-12)22-10-15-9-20-5-6-21-15/h1-4,7,11,15,19H,5-6,8-10H2/t15-/m1/s1. The van der Waals surface area contributed by atoms with Crippen molar-refractivity contribution in [3.63, 3.8) is 0 Å². The summed E-state index contributed by atoms with van der Waals surface area (Å²) in [5.74, 6) is 0.773. The molecule has 2 heterocycles. The molecule has 1 aromatic carbocycles. The number of aliphatic hydroxyl groups excluding tert-OH is 1. The first-order valence-corrected chi connectivity index (χ1v) is 7.19. The maximum Gasteiger partial charge on any atom is 0.119 e. The Bertz CT molecular complexity index is 597. The second-order valence-electron chi connectivity index (χ2n) is 4.96. The van der Waals surface area contributed by atoms with Crippen LogP contribution in [0.2, 0.25) is 0 Å². The van der Waals surface area contributed by atoms with E-state index in [2.05, 4.69) is 9.97 Å². The highest BCUT2D eigenvalue weighted by atomic mass is 16.6. The number of hydrogen-bond donors (Lipinski definition) is 1. The van der Waals surface area contributed by atoms with E-state index in [1.807, 2.05) is 24.3 Å². The minimum absolute atomic E-state index is 0.0117. The van der Waals surface area contributed by atoms with Crippen molar-refractivity contribution in [1.29, 1.82) is 0 Å². The van der Waals surface area contributed by atoms with Gasteiger partial charge >= 0.3 is 0 Å². The molecule has 0 spiro atoms. The Morgan fingerprint density at radius 1 is 1.18 bits per heavy atom. The van der Waals surface area contributed by atoms with Crippen molar-refractivity contribution < 1.29 is 19.3 Å². The number of aromatic nitrogens is 2. The fourth-order valence-corrected chi connectivity index (χ4v) is 2.19. The molecule has 0 radical (unpaired) electrons. The molecule has 1 saturated heterocycles.